The topological polar surface area (TPSA) is 42.4 Å². The van der Waals surface area contributed by atoms with E-state index in [-0.39, 0.29) is 6.61 Å². The Morgan fingerprint density at radius 2 is 2.06 bits per heavy atom. The predicted molar refractivity (Wildman–Crippen MR) is 68.2 cm³/mol. The Kier molecular flexibility index (Phi) is 4.33. The van der Waals surface area contributed by atoms with Crippen LogP contribution in [0.4, 0.5) is 0 Å². The molecule has 0 unspecified atom stereocenters. The molecule has 0 radical (unpaired) electrons. The van der Waals surface area contributed by atoms with Crippen LogP contribution in [0.1, 0.15) is 19.3 Å². The molecule has 1 N–H and O–H groups in total. The molecule has 0 bridgehead atoms. The number of hydrogen-bond donors (Lipinski definition) is 1. The van der Waals surface area contributed by atoms with Gasteiger partial charge in [0.05, 0.1) is 12.1 Å². The van der Waals surface area contributed by atoms with Gasteiger partial charge in [0.2, 0.25) is 0 Å². The molecule has 2 aromatic rings. The van der Waals surface area contributed by atoms with Crippen molar-refractivity contribution >= 4 is 10.9 Å². The monoisotopic (exact) mass is 231 g/mol. The number of aromatic nitrogens is 1. The molecule has 0 atom stereocenters. The van der Waals surface area contributed by atoms with Crippen molar-refractivity contribution in [2.24, 2.45) is 0 Å². The number of benzene rings is 1. The number of hydrogen-bond acceptors (Lipinski definition) is 3. The second-order valence-corrected chi connectivity index (χ2v) is 3.99. The Morgan fingerprint density at radius 3 is 2.94 bits per heavy atom. The SMILES string of the molecule is OCCCCCOc1ccc2cccnc2c1. The van der Waals surface area contributed by atoms with E-state index in [1.54, 1.807) is 6.20 Å². The zero-order chi connectivity index (χ0) is 11.9. The molecular weight excluding hydrogens is 214 g/mol. The maximum absolute atomic E-state index is 8.65. The second-order valence-electron chi connectivity index (χ2n) is 3.99. The van der Waals surface area contributed by atoms with Crippen LogP contribution >= 0.6 is 0 Å². The first-order valence-corrected chi connectivity index (χ1v) is 5.98. The number of aliphatic hydroxyl groups excluding tert-OH is 1. The van der Waals surface area contributed by atoms with Crippen LogP contribution in [-0.4, -0.2) is 23.3 Å². The molecule has 0 amide bonds. The zero-order valence-corrected chi connectivity index (χ0v) is 9.80. The first-order chi connectivity index (χ1) is 8.40. The molecule has 0 spiro atoms. The van der Waals surface area contributed by atoms with E-state index >= 15 is 0 Å². The summed E-state index contributed by atoms with van der Waals surface area (Å²) in [6.07, 6.45) is 4.61. The van der Waals surface area contributed by atoms with Crippen LogP contribution in [0, 0.1) is 0 Å². The number of pyridine rings is 1. The van der Waals surface area contributed by atoms with E-state index in [1.165, 1.54) is 0 Å². The van der Waals surface area contributed by atoms with Crippen molar-refractivity contribution in [2.75, 3.05) is 13.2 Å². The summed E-state index contributed by atoms with van der Waals surface area (Å²) >= 11 is 0. The number of rotatable bonds is 6. The molecule has 0 saturated carbocycles. The van der Waals surface area contributed by atoms with Gasteiger partial charge in [0.25, 0.3) is 0 Å². The van der Waals surface area contributed by atoms with Crippen molar-refractivity contribution in [1.82, 2.24) is 4.98 Å². The number of fused-ring (bicyclic) bond motifs is 1. The van der Waals surface area contributed by atoms with E-state index in [0.29, 0.717) is 6.61 Å². The summed E-state index contributed by atoms with van der Waals surface area (Å²) in [7, 11) is 0. The molecule has 0 saturated heterocycles. The first-order valence-electron chi connectivity index (χ1n) is 5.98. The lowest BCUT2D eigenvalue weighted by molar-refractivity contribution is 0.266. The Labute approximate surface area is 101 Å². The summed E-state index contributed by atoms with van der Waals surface area (Å²) in [6.45, 7) is 0.957. The minimum Gasteiger partial charge on any atom is -0.494 e. The lowest BCUT2D eigenvalue weighted by atomic mass is 10.2. The van der Waals surface area contributed by atoms with Gasteiger partial charge in [0.15, 0.2) is 0 Å². The highest BCUT2D eigenvalue weighted by molar-refractivity contribution is 5.79. The molecule has 3 heteroatoms. The van der Waals surface area contributed by atoms with E-state index < -0.39 is 0 Å². The maximum Gasteiger partial charge on any atom is 0.121 e. The van der Waals surface area contributed by atoms with Crippen LogP contribution < -0.4 is 4.74 Å². The summed E-state index contributed by atoms with van der Waals surface area (Å²) < 4.78 is 5.64. The van der Waals surface area contributed by atoms with Gasteiger partial charge in [0.1, 0.15) is 5.75 Å². The van der Waals surface area contributed by atoms with E-state index in [0.717, 1.165) is 35.9 Å². The van der Waals surface area contributed by atoms with E-state index in [9.17, 15) is 0 Å². The molecule has 17 heavy (non-hydrogen) atoms. The smallest absolute Gasteiger partial charge is 0.121 e. The second kappa shape index (κ2) is 6.21. The van der Waals surface area contributed by atoms with Crippen molar-refractivity contribution in [3.63, 3.8) is 0 Å². The Hall–Kier alpha value is -1.61. The fraction of sp³-hybridized carbons (Fsp3) is 0.357. The lowest BCUT2D eigenvalue weighted by Gasteiger charge is -2.06. The van der Waals surface area contributed by atoms with Gasteiger partial charge >= 0.3 is 0 Å². The van der Waals surface area contributed by atoms with Crippen molar-refractivity contribution in [1.29, 1.82) is 0 Å². The average molecular weight is 231 g/mol. The van der Waals surface area contributed by atoms with Crippen molar-refractivity contribution in [2.45, 2.75) is 19.3 Å². The Bertz CT molecular complexity index is 470. The Balaban J connectivity index is 1.90. The van der Waals surface area contributed by atoms with Crippen LogP contribution in [0.2, 0.25) is 0 Å². The number of ether oxygens (including phenoxy) is 1. The average Bonchev–Trinajstić information content (AvgIpc) is 2.38. The molecule has 3 nitrogen and oxygen atoms in total. The third-order valence-electron chi connectivity index (χ3n) is 2.65. The molecule has 0 aliphatic rings. The van der Waals surface area contributed by atoms with Crippen molar-refractivity contribution < 1.29 is 9.84 Å². The van der Waals surface area contributed by atoms with E-state index in [2.05, 4.69) is 4.98 Å². The summed E-state index contributed by atoms with van der Waals surface area (Å²) in [4.78, 5) is 4.29. The van der Waals surface area contributed by atoms with Gasteiger partial charge in [-0.25, -0.2) is 0 Å². The minimum absolute atomic E-state index is 0.264. The Morgan fingerprint density at radius 1 is 1.12 bits per heavy atom. The van der Waals surface area contributed by atoms with E-state index in [4.69, 9.17) is 9.84 Å². The van der Waals surface area contributed by atoms with Gasteiger partial charge in [0, 0.05) is 24.3 Å². The molecule has 2 rings (SSSR count). The predicted octanol–water partition coefficient (Wildman–Crippen LogP) is 2.78. The molecule has 1 aromatic heterocycles. The van der Waals surface area contributed by atoms with Crippen molar-refractivity contribution in [3.8, 4) is 5.75 Å². The zero-order valence-electron chi connectivity index (χ0n) is 9.80. The summed E-state index contributed by atoms with van der Waals surface area (Å²) in [5.41, 5.74) is 0.959. The highest BCUT2D eigenvalue weighted by atomic mass is 16.5. The van der Waals surface area contributed by atoms with Gasteiger partial charge in [-0.15, -0.1) is 0 Å². The summed E-state index contributed by atoms with van der Waals surface area (Å²) in [6, 6.07) is 9.91. The van der Waals surface area contributed by atoms with Gasteiger partial charge in [-0.1, -0.05) is 6.07 Å². The molecule has 90 valence electrons. The van der Waals surface area contributed by atoms with Gasteiger partial charge < -0.3 is 9.84 Å². The normalized spacial score (nSPS) is 10.6. The molecule has 1 heterocycles. The highest BCUT2D eigenvalue weighted by Gasteiger charge is 1.97. The minimum atomic E-state index is 0.264. The fourth-order valence-electron chi connectivity index (χ4n) is 1.72. The third-order valence-corrected chi connectivity index (χ3v) is 2.65. The van der Waals surface area contributed by atoms with Crippen LogP contribution in [0.5, 0.6) is 5.75 Å². The molecule has 0 aliphatic carbocycles. The van der Waals surface area contributed by atoms with Crippen LogP contribution in [0.3, 0.4) is 0 Å². The first kappa shape index (κ1) is 11.9. The standard InChI is InChI=1S/C14H17NO2/c16-9-2-1-3-10-17-13-7-6-12-5-4-8-15-14(12)11-13/h4-8,11,16H,1-3,9-10H2. The quantitative estimate of drug-likeness (QED) is 0.777. The van der Waals surface area contributed by atoms with Crippen molar-refractivity contribution in [3.05, 3.63) is 36.5 Å². The highest BCUT2D eigenvalue weighted by Crippen LogP contribution is 2.18. The number of nitrogens with zero attached hydrogens (tertiary/aromatic N) is 1. The number of unbranched alkanes of at least 4 members (excludes halogenated alkanes) is 2. The molecular formula is C14H17NO2. The van der Waals surface area contributed by atoms with E-state index in [1.807, 2.05) is 30.3 Å². The van der Waals surface area contributed by atoms with Crippen LogP contribution in [-0.2, 0) is 0 Å². The molecule has 0 fully saturated rings. The maximum atomic E-state index is 8.65. The number of aliphatic hydroxyl groups is 1. The molecule has 1 aromatic carbocycles. The third kappa shape index (κ3) is 3.43. The van der Waals surface area contributed by atoms with Gasteiger partial charge in [-0.3, -0.25) is 4.98 Å². The van der Waals surface area contributed by atoms with Gasteiger partial charge in [-0.2, -0.15) is 0 Å². The largest absolute Gasteiger partial charge is 0.494 e. The fourth-order valence-corrected chi connectivity index (χ4v) is 1.72. The summed E-state index contributed by atoms with van der Waals surface area (Å²) in [5.74, 6) is 0.861. The lowest BCUT2D eigenvalue weighted by Crippen LogP contribution is -1.98. The molecule has 0 aliphatic heterocycles. The summed E-state index contributed by atoms with van der Waals surface area (Å²) in [5, 5.41) is 9.78. The van der Waals surface area contributed by atoms with Crippen LogP contribution in [0.15, 0.2) is 36.5 Å². The van der Waals surface area contributed by atoms with Gasteiger partial charge in [-0.05, 0) is 37.5 Å². The van der Waals surface area contributed by atoms with Crippen LogP contribution in [0.25, 0.3) is 10.9 Å².